The lowest BCUT2D eigenvalue weighted by Crippen LogP contribution is -2.37. The molecule has 1 aliphatic rings. The fourth-order valence-electron chi connectivity index (χ4n) is 3.74. The molecule has 0 radical (unpaired) electrons. The quantitative estimate of drug-likeness (QED) is 0.591. The van der Waals surface area contributed by atoms with Gasteiger partial charge >= 0.3 is 0 Å². The number of amides is 1. The third-order valence-corrected chi connectivity index (χ3v) is 5.17. The molecule has 3 aromatic carbocycles. The topological polar surface area (TPSA) is 59.6 Å². The van der Waals surface area contributed by atoms with E-state index in [0.29, 0.717) is 24.7 Å². The third-order valence-electron chi connectivity index (χ3n) is 5.17. The Bertz CT molecular complexity index is 990. The van der Waals surface area contributed by atoms with Crippen molar-refractivity contribution in [2.24, 2.45) is 0 Å². The number of nitrogens with one attached hydrogen (secondary N) is 2. The van der Waals surface area contributed by atoms with Crippen LogP contribution in [0, 0.1) is 0 Å². The lowest BCUT2D eigenvalue weighted by molar-refractivity contribution is -0.118. The minimum atomic E-state index is -0.517. The number of carbonyl (C=O) groups is 1. The Morgan fingerprint density at radius 2 is 1.77 bits per heavy atom. The Hall–Kier alpha value is -3.31. The van der Waals surface area contributed by atoms with Crippen LogP contribution < -0.4 is 20.1 Å². The van der Waals surface area contributed by atoms with Gasteiger partial charge in [0.15, 0.2) is 0 Å². The van der Waals surface area contributed by atoms with Gasteiger partial charge in [0.25, 0.3) is 0 Å². The summed E-state index contributed by atoms with van der Waals surface area (Å²) in [6, 6.07) is 24.8. The highest BCUT2D eigenvalue weighted by Gasteiger charge is 2.28. The largest absolute Gasteiger partial charge is 0.493 e. The van der Waals surface area contributed by atoms with E-state index < -0.39 is 6.04 Å². The summed E-state index contributed by atoms with van der Waals surface area (Å²) in [5.41, 5.74) is 2.65. The molecule has 0 saturated carbocycles. The first-order valence-corrected chi connectivity index (χ1v) is 10.3. The summed E-state index contributed by atoms with van der Waals surface area (Å²) in [5.74, 6) is 1.41. The predicted molar refractivity (Wildman–Crippen MR) is 118 cm³/mol. The van der Waals surface area contributed by atoms with E-state index in [0.717, 1.165) is 23.3 Å². The smallest absolute Gasteiger partial charge is 0.246 e. The highest BCUT2D eigenvalue weighted by molar-refractivity contribution is 5.96. The minimum absolute atomic E-state index is 0.0213. The van der Waals surface area contributed by atoms with E-state index in [4.69, 9.17) is 9.47 Å². The number of carbonyl (C=O) groups excluding carboxylic acids is 1. The molecular weight excluding hydrogens is 376 g/mol. The Morgan fingerprint density at radius 3 is 2.60 bits per heavy atom. The van der Waals surface area contributed by atoms with Crippen LogP contribution in [0.5, 0.6) is 11.5 Å². The van der Waals surface area contributed by atoms with Crippen LogP contribution in [-0.2, 0) is 4.79 Å². The number of fused-ring (bicyclic) bond motifs is 1. The molecule has 5 heteroatoms. The Balaban J connectivity index is 1.61. The first-order chi connectivity index (χ1) is 14.8. The van der Waals surface area contributed by atoms with E-state index in [1.165, 1.54) is 0 Å². The van der Waals surface area contributed by atoms with Gasteiger partial charge in [-0.15, -0.1) is 0 Å². The molecule has 1 aliphatic heterocycles. The van der Waals surface area contributed by atoms with E-state index in [9.17, 15) is 4.79 Å². The fourth-order valence-corrected chi connectivity index (χ4v) is 3.74. The number of rotatable bonds is 7. The fraction of sp³-hybridized carbons (Fsp3) is 0.240. The van der Waals surface area contributed by atoms with E-state index in [2.05, 4.69) is 16.7 Å². The number of hydrogen-bond donors (Lipinski definition) is 2. The second-order valence-electron chi connectivity index (χ2n) is 7.16. The van der Waals surface area contributed by atoms with E-state index >= 15 is 0 Å². The maximum absolute atomic E-state index is 13.4. The third kappa shape index (κ3) is 4.47. The molecule has 154 valence electrons. The number of benzene rings is 3. The lowest BCUT2D eigenvalue weighted by atomic mass is 9.97. The van der Waals surface area contributed by atoms with Crippen molar-refractivity contribution in [3.63, 3.8) is 0 Å². The molecule has 0 bridgehead atoms. The lowest BCUT2D eigenvalue weighted by Gasteiger charge is -2.30. The highest BCUT2D eigenvalue weighted by Crippen LogP contribution is 2.34. The molecule has 0 saturated heterocycles. The van der Waals surface area contributed by atoms with Crippen molar-refractivity contribution in [3.05, 3.63) is 90.0 Å². The van der Waals surface area contributed by atoms with E-state index in [1.54, 1.807) is 0 Å². The van der Waals surface area contributed by atoms with Crippen molar-refractivity contribution in [1.29, 1.82) is 0 Å². The maximum Gasteiger partial charge on any atom is 0.246 e. The molecule has 1 amide bonds. The zero-order chi connectivity index (χ0) is 20.8. The van der Waals surface area contributed by atoms with Crippen LogP contribution in [0.15, 0.2) is 78.9 Å². The van der Waals surface area contributed by atoms with Gasteiger partial charge in [-0.3, -0.25) is 10.1 Å². The zero-order valence-corrected chi connectivity index (χ0v) is 17.0. The van der Waals surface area contributed by atoms with Crippen LogP contribution in [0.3, 0.4) is 0 Å². The summed E-state index contributed by atoms with van der Waals surface area (Å²) in [5, 5.41) is 6.62. The first kappa shape index (κ1) is 20.0. The van der Waals surface area contributed by atoms with Gasteiger partial charge < -0.3 is 14.8 Å². The van der Waals surface area contributed by atoms with Crippen LogP contribution in [0.1, 0.15) is 36.6 Å². The van der Waals surface area contributed by atoms with E-state index in [-0.39, 0.29) is 11.9 Å². The molecular formula is C25H26N2O3. The van der Waals surface area contributed by atoms with Crippen molar-refractivity contribution in [2.75, 3.05) is 18.5 Å². The van der Waals surface area contributed by atoms with Crippen LogP contribution in [0.25, 0.3) is 0 Å². The molecule has 0 spiro atoms. The molecule has 3 aromatic rings. The Morgan fingerprint density at radius 1 is 1.03 bits per heavy atom. The molecule has 0 aromatic heterocycles. The van der Waals surface area contributed by atoms with Crippen LogP contribution in [0.4, 0.5) is 5.69 Å². The van der Waals surface area contributed by atoms with Crippen molar-refractivity contribution in [1.82, 2.24) is 5.32 Å². The van der Waals surface area contributed by atoms with Crippen LogP contribution in [-0.4, -0.2) is 19.1 Å². The standard InChI is InChI=1S/C25H26N2O3/c1-2-29-23-15-9-7-13-21(23)27-25(28)24(18-10-4-3-5-11-18)26-20-16-17-30-22-14-8-6-12-19(20)22/h3-15,20,24,26H,2,16-17H2,1H3,(H,27,28)/t20-,24-/m0/s1. The number of ether oxygens (including phenoxy) is 2. The molecule has 4 rings (SSSR count). The number of para-hydroxylation sites is 3. The Kier molecular flexibility index (Phi) is 6.30. The summed E-state index contributed by atoms with van der Waals surface area (Å²) >= 11 is 0. The molecule has 1 heterocycles. The number of hydrogen-bond acceptors (Lipinski definition) is 4. The Labute approximate surface area is 177 Å². The zero-order valence-electron chi connectivity index (χ0n) is 17.0. The second-order valence-corrected chi connectivity index (χ2v) is 7.16. The van der Waals surface area contributed by atoms with Crippen molar-refractivity contribution in [3.8, 4) is 11.5 Å². The average Bonchev–Trinajstić information content (AvgIpc) is 2.79. The van der Waals surface area contributed by atoms with Gasteiger partial charge in [-0.2, -0.15) is 0 Å². The maximum atomic E-state index is 13.4. The molecule has 5 nitrogen and oxygen atoms in total. The monoisotopic (exact) mass is 402 g/mol. The number of anilines is 1. The molecule has 0 aliphatic carbocycles. The second kappa shape index (κ2) is 9.46. The molecule has 2 N–H and O–H groups in total. The summed E-state index contributed by atoms with van der Waals surface area (Å²) in [6.45, 7) is 3.08. The summed E-state index contributed by atoms with van der Waals surface area (Å²) in [6.07, 6.45) is 0.795. The van der Waals surface area contributed by atoms with Gasteiger partial charge in [0.05, 0.1) is 18.9 Å². The normalized spacial score (nSPS) is 16.1. The summed E-state index contributed by atoms with van der Waals surface area (Å²) < 4.78 is 11.5. The van der Waals surface area contributed by atoms with Gasteiger partial charge in [-0.1, -0.05) is 60.7 Å². The van der Waals surface area contributed by atoms with Crippen molar-refractivity contribution in [2.45, 2.75) is 25.4 Å². The molecule has 30 heavy (non-hydrogen) atoms. The SMILES string of the molecule is CCOc1ccccc1NC(=O)[C@@H](N[C@H]1CCOc2ccccc21)c1ccccc1. The average molecular weight is 402 g/mol. The summed E-state index contributed by atoms with van der Waals surface area (Å²) in [7, 11) is 0. The predicted octanol–water partition coefficient (Wildman–Crippen LogP) is 4.88. The first-order valence-electron chi connectivity index (χ1n) is 10.3. The van der Waals surface area contributed by atoms with Gasteiger partial charge in [0.2, 0.25) is 5.91 Å². The van der Waals surface area contributed by atoms with E-state index in [1.807, 2.05) is 79.7 Å². The van der Waals surface area contributed by atoms with Gasteiger partial charge in [0.1, 0.15) is 17.5 Å². The summed E-state index contributed by atoms with van der Waals surface area (Å²) in [4.78, 5) is 13.4. The minimum Gasteiger partial charge on any atom is -0.493 e. The van der Waals surface area contributed by atoms with Crippen LogP contribution in [0.2, 0.25) is 0 Å². The van der Waals surface area contributed by atoms with Gasteiger partial charge in [-0.05, 0) is 30.7 Å². The molecule has 0 fully saturated rings. The highest BCUT2D eigenvalue weighted by atomic mass is 16.5. The van der Waals surface area contributed by atoms with Crippen LogP contribution >= 0.6 is 0 Å². The van der Waals surface area contributed by atoms with Crippen molar-refractivity contribution < 1.29 is 14.3 Å². The molecule has 2 atom stereocenters. The van der Waals surface area contributed by atoms with Gasteiger partial charge in [-0.25, -0.2) is 0 Å². The van der Waals surface area contributed by atoms with Crippen molar-refractivity contribution >= 4 is 11.6 Å². The molecule has 0 unspecified atom stereocenters. The van der Waals surface area contributed by atoms with Gasteiger partial charge in [0, 0.05) is 18.0 Å².